The third kappa shape index (κ3) is 3.94. The van der Waals surface area contributed by atoms with Gasteiger partial charge in [0, 0.05) is 19.1 Å². The normalized spacial score (nSPS) is 11.8. The minimum atomic E-state index is -0.610. The van der Waals surface area contributed by atoms with E-state index in [1.807, 2.05) is 6.92 Å². The smallest absolute Gasteiger partial charge is 0.255 e. The number of nitrogens with zero attached hydrogens (tertiary/aromatic N) is 1. The van der Waals surface area contributed by atoms with Crippen LogP contribution < -0.4 is 11.1 Å². The van der Waals surface area contributed by atoms with Gasteiger partial charge in [0.25, 0.3) is 5.91 Å². The van der Waals surface area contributed by atoms with Crippen LogP contribution in [0.15, 0.2) is 18.2 Å². The van der Waals surface area contributed by atoms with E-state index in [2.05, 4.69) is 5.32 Å². The second-order valence-corrected chi connectivity index (χ2v) is 4.83. The van der Waals surface area contributed by atoms with Gasteiger partial charge in [-0.15, -0.1) is 0 Å². The molecule has 5 nitrogen and oxygen atoms in total. The third-order valence-electron chi connectivity index (χ3n) is 2.65. The van der Waals surface area contributed by atoms with Crippen molar-refractivity contribution in [3.63, 3.8) is 0 Å². The number of nitrogens with one attached hydrogen (secondary N) is 1. The van der Waals surface area contributed by atoms with Crippen molar-refractivity contribution in [1.82, 2.24) is 4.90 Å². The first-order valence-electron chi connectivity index (χ1n) is 5.94. The van der Waals surface area contributed by atoms with E-state index in [1.165, 1.54) is 4.90 Å². The third-order valence-corrected chi connectivity index (χ3v) is 2.89. The summed E-state index contributed by atoms with van der Waals surface area (Å²) in [6.07, 6.45) is 0.517. The Morgan fingerprint density at radius 3 is 2.58 bits per heavy atom. The molecule has 0 saturated carbocycles. The molecule has 0 spiro atoms. The molecule has 0 aliphatic rings. The van der Waals surface area contributed by atoms with Crippen LogP contribution in [0.3, 0.4) is 0 Å². The lowest BCUT2D eigenvalue weighted by Gasteiger charge is -2.16. The van der Waals surface area contributed by atoms with E-state index in [9.17, 15) is 9.59 Å². The molecule has 0 radical (unpaired) electrons. The van der Waals surface area contributed by atoms with Crippen molar-refractivity contribution in [2.75, 3.05) is 19.4 Å². The maximum absolute atomic E-state index is 12.0. The molecule has 2 amide bonds. The molecule has 6 heteroatoms. The SMILES string of the molecule is CCC(N)C(=O)Nc1cc(Cl)ccc1C(=O)N(C)C. The zero-order chi connectivity index (χ0) is 14.6. The first-order valence-corrected chi connectivity index (χ1v) is 6.32. The molecule has 0 aliphatic heterocycles. The summed E-state index contributed by atoms with van der Waals surface area (Å²) in [6.45, 7) is 1.81. The largest absolute Gasteiger partial charge is 0.345 e. The number of anilines is 1. The van der Waals surface area contributed by atoms with Crippen molar-refractivity contribution < 1.29 is 9.59 Å². The minimum absolute atomic E-state index is 0.211. The number of halogens is 1. The van der Waals surface area contributed by atoms with Gasteiger partial charge in [-0.05, 0) is 24.6 Å². The quantitative estimate of drug-likeness (QED) is 0.883. The first-order chi connectivity index (χ1) is 8.86. The maximum Gasteiger partial charge on any atom is 0.255 e. The van der Waals surface area contributed by atoms with E-state index in [4.69, 9.17) is 17.3 Å². The predicted octanol–water partition coefficient (Wildman–Crippen LogP) is 1.72. The molecule has 104 valence electrons. The lowest BCUT2D eigenvalue weighted by Crippen LogP contribution is -2.35. The molecule has 0 fully saturated rings. The molecule has 0 saturated heterocycles. The summed E-state index contributed by atoms with van der Waals surface area (Å²) in [5.74, 6) is -0.547. The molecule has 0 bridgehead atoms. The highest BCUT2D eigenvalue weighted by Crippen LogP contribution is 2.22. The van der Waals surface area contributed by atoms with Crippen molar-refractivity contribution in [3.05, 3.63) is 28.8 Å². The van der Waals surface area contributed by atoms with Gasteiger partial charge in [0.1, 0.15) is 0 Å². The topological polar surface area (TPSA) is 75.4 Å². The summed E-state index contributed by atoms with van der Waals surface area (Å²) in [5.41, 5.74) is 6.40. The van der Waals surface area contributed by atoms with Crippen LogP contribution in [0.1, 0.15) is 23.7 Å². The maximum atomic E-state index is 12.0. The Bertz CT molecular complexity index is 489. The van der Waals surface area contributed by atoms with Crippen molar-refractivity contribution in [1.29, 1.82) is 0 Å². The van der Waals surface area contributed by atoms with Crippen molar-refractivity contribution in [2.45, 2.75) is 19.4 Å². The molecule has 1 aromatic rings. The fourth-order valence-electron chi connectivity index (χ4n) is 1.46. The summed E-state index contributed by atoms with van der Waals surface area (Å²) >= 11 is 5.89. The molecule has 1 rings (SSSR count). The van der Waals surface area contributed by atoms with Gasteiger partial charge < -0.3 is 16.0 Å². The predicted molar refractivity (Wildman–Crippen MR) is 76.4 cm³/mol. The Labute approximate surface area is 117 Å². The van der Waals surface area contributed by atoms with Gasteiger partial charge in [0.15, 0.2) is 0 Å². The lowest BCUT2D eigenvalue weighted by molar-refractivity contribution is -0.117. The van der Waals surface area contributed by atoms with Crippen molar-refractivity contribution >= 4 is 29.1 Å². The van der Waals surface area contributed by atoms with Gasteiger partial charge >= 0.3 is 0 Å². The minimum Gasteiger partial charge on any atom is -0.345 e. The van der Waals surface area contributed by atoms with E-state index in [0.717, 1.165) is 0 Å². The fourth-order valence-corrected chi connectivity index (χ4v) is 1.63. The average Bonchev–Trinajstić information content (AvgIpc) is 2.37. The summed E-state index contributed by atoms with van der Waals surface area (Å²) < 4.78 is 0. The Kier molecular flexibility index (Phi) is 5.32. The number of nitrogens with two attached hydrogens (primary N) is 1. The van der Waals surface area contributed by atoms with E-state index < -0.39 is 6.04 Å². The average molecular weight is 284 g/mol. The zero-order valence-electron chi connectivity index (χ0n) is 11.2. The van der Waals surface area contributed by atoms with E-state index >= 15 is 0 Å². The number of carbonyl (C=O) groups is 2. The number of benzene rings is 1. The van der Waals surface area contributed by atoms with Crippen molar-refractivity contribution in [2.24, 2.45) is 5.73 Å². The highest BCUT2D eigenvalue weighted by molar-refractivity contribution is 6.31. The van der Waals surface area contributed by atoms with Crippen LogP contribution in [-0.2, 0) is 4.79 Å². The molecule has 1 unspecified atom stereocenters. The number of carbonyl (C=O) groups excluding carboxylic acids is 2. The van der Waals surface area contributed by atoms with Crippen LogP contribution in [-0.4, -0.2) is 36.9 Å². The summed E-state index contributed by atoms with van der Waals surface area (Å²) in [5, 5.41) is 3.08. The second-order valence-electron chi connectivity index (χ2n) is 4.39. The molecule has 1 atom stereocenters. The van der Waals surface area contributed by atoms with Crippen LogP contribution in [0.5, 0.6) is 0 Å². The molecule has 0 aromatic heterocycles. The fraction of sp³-hybridized carbons (Fsp3) is 0.385. The number of hydrogen-bond acceptors (Lipinski definition) is 3. The van der Waals surface area contributed by atoms with Crippen LogP contribution in [0, 0.1) is 0 Å². The van der Waals surface area contributed by atoms with Crippen LogP contribution in [0.4, 0.5) is 5.69 Å². The van der Waals surface area contributed by atoms with Gasteiger partial charge in [0.05, 0.1) is 17.3 Å². The molecule has 1 aromatic carbocycles. The van der Waals surface area contributed by atoms with E-state index in [1.54, 1.807) is 32.3 Å². The van der Waals surface area contributed by atoms with Crippen LogP contribution in [0.25, 0.3) is 0 Å². The second kappa shape index (κ2) is 6.54. The highest BCUT2D eigenvalue weighted by atomic mass is 35.5. The zero-order valence-corrected chi connectivity index (χ0v) is 12.0. The molecular weight excluding hydrogens is 266 g/mol. The van der Waals surface area contributed by atoms with Crippen molar-refractivity contribution in [3.8, 4) is 0 Å². The summed E-state index contributed by atoms with van der Waals surface area (Å²) in [4.78, 5) is 25.2. The lowest BCUT2D eigenvalue weighted by atomic mass is 10.1. The van der Waals surface area contributed by atoms with Crippen LogP contribution in [0.2, 0.25) is 5.02 Å². The Morgan fingerprint density at radius 1 is 1.42 bits per heavy atom. The molecule has 0 aliphatic carbocycles. The van der Waals surface area contributed by atoms with Gasteiger partial charge in [0.2, 0.25) is 5.91 Å². The summed E-state index contributed by atoms with van der Waals surface area (Å²) in [6, 6.07) is 4.12. The highest BCUT2D eigenvalue weighted by Gasteiger charge is 2.18. The Balaban J connectivity index is 3.08. The van der Waals surface area contributed by atoms with Gasteiger partial charge in [-0.2, -0.15) is 0 Å². The molecule has 0 heterocycles. The number of rotatable bonds is 4. The van der Waals surface area contributed by atoms with Crippen LogP contribution >= 0.6 is 11.6 Å². The first kappa shape index (κ1) is 15.5. The molecule has 3 N–H and O–H groups in total. The summed E-state index contributed by atoms with van der Waals surface area (Å²) in [7, 11) is 3.28. The van der Waals surface area contributed by atoms with Gasteiger partial charge in [-0.1, -0.05) is 18.5 Å². The Hall–Kier alpha value is -1.59. The standard InChI is InChI=1S/C13H18ClN3O2/c1-4-10(15)12(18)16-11-7-8(14)5-6-9(11)13(19)17(2)3/h5-7,10H,4,15H2,1-3H3,(H,16,18). The Morgan fingerprint density at radius 2 is 2.05 bits per heavy atom. The van der Waals surface area contributed by atoms with E-state index in [0.29, 0.717) is 22.7 Å². The van der Waals surface area contributed by atoms with Gasteiger partial charge in [-0.25, -0.2) is 0 Å². The van der Waals surface area contributed by atoms with Gasteiger partial charge in [-0.3, -0.25) is 9.59 Å². The number of hydrogen-bond donors (Lipinski definition) is 2. The van der Waals surface area contributed by atoms with E-state index in [-0.39, 0.29) is 11.8 Å². The molecule has 19 heavy (non-hydrogen) atoms. The molecular formula is C13H18ClN3O2. The monoisotopic (exact) mass is 283 g/mol. The number of amides is 2.